The summed E-state index contributed by atoms with van der Waals surface area (Å²) in [7, 11) is 0. The summed E-state index contributed by atoms with van der Waals surface area (Å²) in [5.74, 6) is -0.844. The Balaban J connectivity index is 0.00000196. The fourth-order valence-corrected chi connectivity index (χ4v) is 1.58. The number of hydrogen-bond donors (Lipinski definition) is 2. The molecule has 0 spiro atoms. The van der Waals surface area contributed by atoms with E-state index in [0.29, 0.717) is 6.42 Å². The number of carboxylic acid groups (broad SMARTS) is 1. The summed E-state index contributed by atoms with van der Waals surface area (Å²) in [6, 6.07) is 7.63. The van der Waals surface area contributed by atoms with Gasteiger partial charge in [0.2, 0.25) is 0 Å². The number of aliphatic carboxylic acids is 1. The summed E-state index contributed by atoms with van der Waals surface area (Å²) in [4.78, 5) is 10.4. The molecule has 1 aromatic carbocycles. The minimum absolute atomic E-state index is 0. The predicted octanol–water partition coefficient (Wildman–Crippen LogP) is 2.06. The number of hydrogen-bond acceptors (Lipinski definition) is 2. The first-order chi connectivity index (χ1) is 6.58. The molecule has 5 heteroatoms. The van der Waals surface area contributed by atoms with E-state index in [0.717, 1.165) is 9.13 Å². The highest BCUT2D eigenvalue weighted by Gasteiger charge is 2.08. The van der Waals surface area contributed by atoms with Crippen molar-refractivity contribution >= 4 is 41.0 Å². The molecule has 0 bridgehead atoms. The first kappa shape index (κ1) is 14.7. The van der Waals surface area contributed by atoms with E-state index in [4.69, 9.17) is 10.8 Å². The molecule has 0 aliphatic heterocycles. The first-order valence-corrected chi connectivity index (χ1v) is 5.37. The lowest BCUT2D eigenvalue weighted by atomic mass is 10.0. The maximum Gasteiger partial charge on any atom is 0.304 e. The van der Waals surface area contributed by atoms with Crippen molar-refractivity contribution < 1.29 is 9.90 Å². The van der Waals surface area contributed by atoms with Gasteiger partial charge in [0.1, 0.15) is 0 Å². The second-order valence-electron chi connectivity index (χ2n) is 3.19. The van der Waals surface area contributed by atoms with E-state index in [1.165, 1.54) is 0 Å². The first-order valence-electron chi connectivity index (χ1n) is 4.30. The highest BCUT2D eigenvalue weighted by molar-refractivity contribution is 14.1. The van der Waals surface area contributed by atoms with E-state index in [1.54, 1.807) is 0 Å². The van der Waals surface area contributed by atoms with E-state index in [1.807, 2.05) is 24.3 Å². The Morgan fingerprint density at radius 2 is 1.93 bits per heavy atom. The number of rotatable bonds is 4. The van der Waals surface area contributed by atoms with Crippen molar-refractivity contribution in [3.63, 3.8) is 0 Å². The molecule has 84 valence electrons. The maximum atomic E-state index is 10.4. The van der Waals surface area contributed by atoms with Gasteiger partial charge in [0.25, 0.3) is 0 Å². The number of nitrogens with two attached hydrogens (primary N) is 1. The van der Waals surface area contributed by atoms with E-state index >= 15 is 0 Å². The third kappa shape index (κ3) is 5.96. The number of carbonyl (C=O) groups is 1. The van der Waals surface area contributed by atoms with Gasteiger partial charge in [0, 0.05) is 9.61 Å². The predicted molar refractivity (Wildman–Crippen MR) is 70.3 cm³/mol. The van der Waals surface area contributed by atoms with Crippen LogP contribution in [0, 0.1) is 3.57 Å². The molecule has 0 aliphatic rings. The van der Waals surface area contributed by atoms with Gasteiger partial charge in [-0.25, -0.2) is 0 Å². The molecule has 0 saturated carbocycles. The molecular formula is C10H13ClINO2. The van der Waals surface area contributed by atoms with Crippen LogP contribution in [0.1, 0.15) is 12.0 Å². The molecule has 0 aliphatic carbocycles. The molecule has 3 nitrogen and oxygen atoms in total. The van der Waals surface area contributed by atoms with Gasteiger partial charge in [0.15, 0.2) is 0 Å². The summed E-state index contributed by atoms with van der Waals surface area (Å²) < 4.78 is 1.16. The van der Waals surface area contributed by atoms with Crippen LogP contribution in [0.2, 0.25) is 0 Å². The Morgan fingerprint density at radius 3 is 2.40 bits per heavy atom. The smallest absolute Gasteiger partial charge is 0.304 e. The Kier molecular flexibility index (Phi) is 6.87. The summed E-state index contributed by atoms with van der Waals surface area (Å²) in [5.41, 5.74) is 6.74. The second-order valence-corrected chi connectivity index (χ2v) is 4.43. The van der Waals surface area contributed by atoms with E-state index in [2.05, 4.69) is 22.6 Å². The van der Waals surface area contributed by atoms with Crippen molar-refractivity contribution in [3.8, 4) is 0 Å². The molecule has 0 saturated heterocycles. The van der Waals surface area contributed by atoms with Crippen molar-refractivity contribution in [2.24, 2.45) is 5.73 Å². The van der Waals surface area contributed by atoms with Crippen LogP contribution in [-0.2, 0) is 11.2 Å². The fourth-order valence-electron chi connectivity index (χ4n) is 1.22. The van der Waals surface area contributed by atoms with Crippen LogP contribution in [0.25, 0.3) is 0 Å². The number of carboxylic acids is 1. The van der Waals surface area contributed by atoms with Gasteiger partial charge < -0.3 is 10.8 Å². The van der Waals surface area contributed by atoms with Crippen LogP contribution in [-0.4, -0.2) is 17.1 Å². The highest BCUT2D eigenvalue weighted by Crippen LogP contribution is 2.09. The number of benzene rings is 1. The lowest BCUT2D eigenvalue weighted by Crippen LogP contribution is -2.26. The van der Waals surface area contributed by atoms with Gasteiger partial charge in [0.05, 0.1) is 6.42 Å². The highest BCUT2D eigenvalue weighted by atomic mass is 127. The van der Waals surface area contributed by atoms with Crippen molar-refractivity contribution in [3.05, 3.63) is 33.4 Å². The topological polar surface area (TPSA) is 63.3 Å². The van der Waals surface area contributed by atoms with Gasteiger partial charge in [-0.3, -0.25) is 4.79 Å². The lowest BCUT2D eigenvalue weighted by molar-refractivity contribution is -0.137. The molecule has 0 amide bonds. The van der Waals surface area contributed by atoms with E-state index in [-0.39, 0.29) is 24.9 Å². The summed E-state index contributed by atoms with van der Waals surface area (Å²) in [6.07, 6.45) is 0.634. The lowest BCUT2D eigenvalue weighted by Gasteiger charge is -2.08. The Labute approximate surface area is 109 Å². The van der Waals surface area contributed by atoms with Gasteiger partial charge in [-0.2, -0.15) is 0 Å². The van der Waals surface area contributed by atoms with E-state index < -0.39 is 5.97 Å². The number of halogens is 2. The molecular weight excluding hydrogens is 328 g/mol. The van der Waals surface area contributed by atoms with Crippen LogP contribution < -0.4 is 5.73 Å². The molecule has 15 heavy (non-hydrogen) atoms. The molecule has 0 heterocycles. The Morgan fingerprint density at radius 1 is 1.40 bits per heavy atom. The average molecular weight is 342 g/mol. The zero-order valence-electron chi connectivity index (χ0n) is 8.02. The van der Waals surface area contributed by atoms with Crippen LogP contribution >= 0.6 is 35.0 Å². The third-order valence-corrected chi connectivity index (χ3v) is 2.57. The van der Waals surface area contributed by atoms with Crippen LogP contribution in [0.4, 0.5) is 0 Å². The molecule has 0 radical (unpaired) electrons. The zero-order chi connectivity index (χ0) is 10.6. The van der Waals surface area contributed by atoms with Crippen LogP contribution in [0.15, 0.2) is 24.3 Å². The minimum atomic E-state index is -0.844. The largest absolute Gasteiger partial charge is 0.481 e. The van der Waals surface area contributed by atoms with Crippen molar-refractivity contribution in [1.82, 2.24) is 0 Å². The summed E-state index contributed by atoms with van der Waals surface area (Å²) in [6.45, 7) is 0. The molecule has 1 rings (SSSR count). The monoisotopic (exact) mass is 341 g/mol. The van der Waals surface area contributed by atoms with E-state index in [9.17, 15) is 4.79 Å². The molecule has 0 aromatic heterocycles. The van der Waals surface area contributed by atoms with Gasteiger partial charge >= 0.3 is 5.97 Å². The standard InChI is InChI=1S/C10H12INO2.ClH/c11-8-3-1-7(2-4-8)5-9(12)6-10(13)14;/h1-4,9H,5-6,12H2,(H,13,14);1H/t9-;/m0./s1. The van der Waals surface area contributed by atoms with Crippen molar-refractivity contribution in [2.45, 2.75) is 18.9 Å². The average Bonchev–Trinajstić information content (AvgIpc) is 2.07. The Bertz CT molecular complexity index is 316. The minimum Gasteiger partial charge on any atom is -0.481 e. The van der Waals surface area contributed by atoms with Crippen molar-refractivity contribution in [1.29, 1.82) is 0 Å². The summed E-state index contributed by atoms with van der Waals surface area (Å²) >= 11 is 2.22. The molecule has 1 atom stereocenters. The summed E-state index contributed by atoms with van der Waals surface area (Å²) in [5, 5.41) is 8.52. The van der Waals surface area contributed by atoms with Gasteiger partial charge in [-0.15, -0.1) is 12.4 Å². The van der Waals surface area contributed by atoms with Crippen molar-refractivity contribution in [2.75, 3.05) is 0 Å². The van der Waals surface area contributed by atoms with Gasteiger partial charge in [-0.1, -0.05) is 12.1 Å². The van der Waals surface area contributed by atoms with Gasteiger partial charge in [-0.05, 0) is 46.7 Å². The third-order valence-electron chi connectivity index (χ3n) is 1.85. The second kappa shape index (κ2) is 7.03. The zero-order valence-corrected chi connectivity index (χ0v) is 11.0. The molecule has 3 N–H and O–H groups in total. The van der Waals surface area contributed by atoms with Crippen LogP contribution in [0.3, 0.4) is 0 Å². The molecule has 0 unspecified atom stereocenters. The maximum absolute atomic E-state index is 10.4. The SMILES string of the molecule is Cl.N[C@H](CC(=O)O)Cc1ccc(I)cc1. The quantitative estimate of drug-likeness (QED) is 0.824. The molecule has 1 aromatic rings. The Hall–Kier alpha value is -0.330. The molecule has 0 fully saturated rings. The fraction of sp³-hybridized carbons (Fsp3) is 0.300. The van der Waals surface area contributed by atoms with Crippen LogP contribution in [0.5, 0.6) is 0 Å². The normalized spacial score (nSPS) is 11.6.